The molecule has 2 aromatic heterocycles. The van der Waals surface area contributed by atoms with Crippen LogP contribution in [0, 0.1) is 0 Å². The number of nitrogens with zero attached hydrogens (tertiary/aromatic N) is 4. The van der Waals surface area contributed by atoms with Crippen molar-refractivity contribution < 1.29 is 28.8 Å². The third-order valence-corrected chi connectivity index (χ3v) is 4.82. The average Bonchev–Trinajstić information content (AvgIpc) is 3.20. The lowest BCUT2D eigenvalue weighted by Gasteiger charge is -2.23. The number of nitrogen functional groups attached to an aromatic ring is 1. The summed E-state index contributed by atoms with van der Waals surface area (Å²) in [5, 5.41) is 9.72. The van der Waals surface area contributed by atoms with Gasteiger partial charge in [-0.3, -0.25) is 0 Å². The Balaban J connectivity index is 1.89. The highest BCUT2D eigenvalue weighted by Crippen LogP contribution is 2.43. The predicted octanol–water partition coefficient (Wildman–Crippen LogP) is 0.368. The number of imidazole rings is 1. The minimum atomic E-state index is -1.01. The Morgan fingerprint density at radius 2 is 1.97 bits per heavy atom. The number of fused-ring (bicyclic) bond motifs is 2. The zero-order valence-corrected chi connectivity index (χ0v) is 17.4. The largest absolute Gasteiger partial charge is 0.443 e. The van der Waals surface area contributed by atoms with Crippen LogP contribution in [0.25, 0.3) is 11.2 Å². The standard InChI is InChI=1S/C18H25N5O7/c1-17(2,3)30-16(26)22-9-12(19)20-7-21-13(9)23(15(22)25)14-11-10(8(6-24)27-14)28-18(4,5)29-11/h7-8,10-11,14,24H,6H2,1-5H3,(H2,19,20,21)/t8-,10-,11-,14-/m1/s1. The fraction of sp³-hybridized carbons (Fsp3) is 0.667. The molecule has 2 aromatic rings. The molecule has 2 aliphatic heterocycles. The highest BCUT2D eigenvalue weighted by Gasteiger charge is 2.56. The third-order valence-electron chi connectivity index (χ3n) is 4.82. The lowest BCUT2D eigenvalue weighted by atomic mass is 10.1. The first-order valence-electron chi connectivity index (χ1n) is 9.52. The molecule has 4 atom stereocenters. The molecule has 3 N–H and O–H groups in total. The van der Waals surface area contributed by atoms with Crippen molar-refractivity contribution in [1.82, 2.24) is 19.1 Å². The van der Waals surface area contributed by atoms with Gasteiger partial charge in [0.25, 0.3) is 0 Å². The summed E-state index contributed by atoms with van der Waals surface area (Å²) in [4.78, 5) is 34.2. The van der Waals surface area contributed by atoms with Gasteiger partial charge in [0.05, 0.1) is 6.61 Å². The van der Waals surface area contributed by atoms with Crippen LogP contribution in [0.15, 0.2) is 11.1 Å². The highest BCUT2D eigenvalue weighted by molar-refractivity contribution is 5.91. The van der Waals surface area contributed by atoms with Crippen LogP contribution in [0.3, 0.4) is 0 Å². The summed E-state index contributed by atoms with van der Waals surface area (Å²) < 4.78 is 25.0. The van der Waals surface area contributed by atoms with Crippen molar-refractivity contribution in [3.63, 3.8) is 0 Å². The van der Waals surface area contributed by atoms with Crippen LogP contribution in [0.1, 0.15) is 40.8 Å². The Hall–Kier alpha value is -2.54. The van der Waals surface area contributed by atoms with Gasteiger partial charge in [-0.25, -0.2) is 24.1 Å². The first kappa shape index (κ1) is 20.7. The molecule has 0 aromatic carbocycles. The first-order chi connectivity index (χ1) is 13.9. The number of hydrogen-bond donors (Lipinski definition) is 2. The third kappa shape index (κ3) is 3.25. The van der Waals surface area contributed by atoms with Crippen LogP contribution in [-0.4, -0.2) is 66.6 Å². The molecule has 0 spiro atoms. The molecule has 4 rings (SSSR count). The maximum Gasteiger partial charge on any atom is 0.423 e. The average molecular weight is 423 g/mol. The van der Waals surface area contributed by atoms with Gasteiger partial charge in [0.15, 0.2) is 23.5 Å². The number of nitrogens with two attached hydrogens (primary N) is 1. The fourth-order valence-electron chi connectivity index (χ4n) is 3.79. The number of aliphatic hydroxyl groups is 1. The second kappa shape index (κ2) is 6.74. The van der Waals surface area contributed by atoms with Crippen LogP contribution < -0.4 is 11.4 Å². The minimum absolute atomic E-state index is 0.00234. The van der Waals surface area contributed by atoms with Gasteiger partial charge in [-0.2, -0.15) is 4.57 Å². The van der Waals surface area contributed by atoms with Gasteiger partial charge in [0.1, 0.15) is 35.8 Å². The Bertz CT molecular complexity index is 1050. The van der Waals surface area contributed by atoms with E-state index in [2.05, 4.69) is 9.97 Å². The van der Waals surface area contributed by atoms with Gasteiger partial charge < -0.3 is 29.8 Å². The summed E-state index contributed by atoms with van der Waals surface area (Å²) in [5.74, 6) is -1.01. The summed E-state index contributed by atoms with van der Waals surface area (Å²) >= 11 is 0. The van der Waals surface area contributed by atoms with Crippen molar-refractivity contribution in [1.29, 1.82) is 0 Å². The van der Waals surface area contributed by atoms with Crippen molar-refractivity contribution in [2.75, 3.05) is 12.3 Å². The molecule has 12 nitrogen and oxygen atoms in total. The lowest BCUT2D eigenvalue weighted by Crippen LogP contribution is -2.38. The van der Waals surface area contributed by atoms with E-state index in [4.69, 9.17) is 24.7 Å². The van der Waals surface area contributed by atoms with Crippen molar-refractivity contribution in [2.24, 2.45) is 0 Å². The molecule has 2 aliphatic rings. The Kier molecular flexibility index (Phi) is 4.65. The molecular weight excluding hydrogens is 398 g/mol. The summed E-state index contributed by atoms with van der Waals surface area (Å²) in [6, 6.07) is 0. The number of ether oxygens (including phenoxy) is 4. The molecule has 12 heteroatoms. The number of anilines is 1. The smallest absolute Gasteiger partial charge is 0.423 e. The Morgan fingerprint density at radius 3 is 2.60 bits per heavy atom. The van der Waals surface area contributed by atoms with Gasteiger partial charge in [0, 0.05) is 0 Å². The van der Waals surface area contributed by atoms with Gasteiger partial charge in [-0.1, -0.05) is 0 Å². The normalized spacial score (nSPS) is 28.1. The molecule has 2 saturated heterocycles. The summed E-state index contributed by atoms with van der Waals surface area (Å²) in [6.45, 7) is 8.15. The summed E-state index contributed by atoms with van der Waals surface area (Å²) in [6.07, 6.45) is -2.81. The number of aromatic nitrogens is 4. The predicted molar refractivity (Wildman–Crippen MR) is 103 cm³/mol. The van der Waals surface area contributed by atoms with E-state index in [-0.39, 0.29) is 23.6 Å². The Labute approximate surface area is 171 Å². The lowest BCUT2D eigenvalue weighted by molar-refractivity contribution is -0.200. The second-order valence-electron chi connectivity index (χ2n) is 8.71. The van der Waals surface area contributed by atoms with Gasteiger partial charge >= 0.3 is 11.8 Å². The maximum atomic E-state index is 13.4. The summed E-state index contributed by atoms with van der Waals surface area (Å²) in [7, 11) is 0. The SMILES string of the molecule is CC(C)(C)OC(=O)n1c(=O)n([C@@H]2O[C@H](CO)[C@H]3OC(C)(C)O[C@H]32)c2ncnc(N)c21. The number of rotatable bonds is 2. The van der Waals surface area contributed by atoms with Gasteiger partial charge in [0.2, 0.25) is 0 Å². The molecule has 0 aliphatic carbocycles. The molecule has 0 amide bonds. The van der Waals surface area contributed by atoms with Crippen molar-refractivity contribution in [2.45, 2.75) is 70.5 Å². The zero-order valence-electron chi connectivity index (χ0n) is 17.4. The topological polar surface area (TPSA) is 153 Å². The first-order valence-corrected chi connectivity index (χ1v) is 9.52. The monoisotopic (exact) mass is 423 g/mol. The van der Waals surface area contributed by atoms with Gasteiger partial charge in [-0.05, 0) is 34.6 Å². The molecule has 2 fully saturated rings. The van der Waals surface area contributed by atoms with Gasteiger partial charge in [-0.15, -0.1) is 0 Å². The maximum absolute atomic E-state index is 13.4. The van der Waals surface area contributed by atoms with Crippen LogP contribution in [0.5, 0.6) is 0 Å². The second-order valence-corrected chi connectivity index (χ2v) is 8.71. The van der Waals surface area contributed by atoms with E-state index >= 15 is 0 Å². The van der Waals surface area contributed by atoms with Crippen LogP contribution >= 0.6 is 0 Å². The van der Waals surface area contributed by atoms with E-state index < -0.39 is 47.7 Å². The number of hydrogen-bond acceptors (Lipinski definition) is 10. The van der Waals surface area contributed by atoms with Crippen LogP contribution in [0.2, 0.25) is 0 Å². The van der Waals surface area contributed by atoms with Crippen LogP contribution in [0.4, 0.5) is 10.6 Å². The molecule has 164 valence electrons. The van der Waals surface area contributed by atoms with E-state index in [1.807, 2.05) is 0 Å². The van der Waals surface area contributed by atoms with Crippen molar-refractivity contribution in [3.8, 4) is 0 Å². The molecule has 0 unspecified atom stereocenters. The molecule has 0 saturated carbocycles. The number of aliphatic hydroxyl groups excluding tert-OH is 1. The van der Waals surface area contributed by atoms with E-state index in [1.54, 1.807) is 34.6 Å². The number of carbonyl (C=O) groups excluding carboxylic acids is 1. The number of carbonyl (C=O) groups is 1. The van der Waals surface area contributed by atoms with Crippen LogP contribution in [-0.2, 0) is 18.9 Å². The zero-order chi connectivity index (χ0) is 22.0. The quantitative estimate of drug-likeness (QED) is 0.692. The van der Waals surface area contributed by atoms with E-state index in [9.17, 15) is 14.7 Å². The molecule has 30 heavy (non-hydrogen) atoms. The molecular formula is C18H25N5O7. The molecule has 0 bridgehead atoms. The highest BCUT2D eigenvalue weighted by atomic mass is 16.8. The van der Waals surface area contributed by atoms with E-state index in [0.29, 0.717) is 0 Å². The van der Waals surface area contributed by atoms with Crippen molar-refractivity contribution in [3.05, 3.63) is 16.8 Å². The molecule has 4 heterocycles. The minimum Gasteiger partial charge on any atom is -0.443 e. The fourth-order valence-corrected chi connectivity index (χ4v) is 3.79. The molecule has 0 radical (unpaired) electrons. The Morgan fingerprint density at radius 1 is 1.30 bits per heavy atom. The summed E-state index contributed by atoms with van der Waals surface area (Å²) in [5.41, 5.74) is 4.43. The van der Waals surface area contributed by atoms with E-state index in [0.717, 1.165) is 9.13 Å². The van der Waals surface area contributed by atoms with E-state index in [1.165, 1.54) is 6.33 Å². The van der Waals surface area contributed by atoms with Crippen molar-refractivity contribution >= 4 is 23.1 Å².